The molecule has 28 heavy (non-hydrogen) atoms. The van der Waals surface area contributed by atoms with Gasteiger partial charge in [0.05, 0.1) is 0 Å². The normalized spacial score (nSPS) is 11.1. The van der Waals surface area contributed by atoms with Crippen LogP contribution in [-0.2, 0) is 4.79 Å². The molecule has 0 unspecified atom stereocenters. The van der Waals surface area contributed by atoms with E-state index in [1.54, 1.807) is 24.3 Å². The first-order valence-electron chi connectivity index (χ1n) is 8.46. The Kier molecular flexibility index (Phi) is 6.15. The van der Waals surface area contributed by atoms with Crippen LogP contribution in [0.2, 0.25) is 5.02 Å². The molecule has 3 aromatic carbocycles. The van der Waals surface area contributed by atoms with Gasteiger partial charge in [-0.15, -0.1) is 0 Å². The summed E-state index contributed by atoms with van der Waals surface area (Å²) in [5.74, 6) is -0.162. The quantitative estimate of drug-likeness (QED) is 0.349. The maximum atomic E-state index is 11.1. The molecule has 0 heterocycles. The van der Waals surface area contributed by atoms with E-state index in [2.05, 4.69) is 0 Å². The molecule has 0 aliphatic rings. The van der Waals surface area contributed by atoms with Crippen molar-refractivity contribution in [1.82, 2.24) is 0 Å². The third kappa shape index (κ3) is 4.81. The Balaban J connectivity index is 1.65. The van der Waals surface area contributed by atoms with Gasteiger partial charge in [-0.05, 0) is 47.2 Å². The minimum atomic E-state index is -1.31. The van der Waals surface area contributed by atoms with Gasteiger partial charge in [0.1, 0.15) is 36.4 Å². The summed E-state index contributed by atoms with van der Waals surface area (Å²) in [5.41, 5.74) is 0.0108. The molecule has 0 bridgehead atoms. The van der Waals surface area contributed by atoms with Crippen molar-refractivity contribution in [2.24, 2.45) is 0 Å². The standard InChI is InChI=1S/C22H16ClNO4/c23-19-6-8-21(17(12-19)11-18(14-24)22(25)26)28-10-9-27-20-7-5-15-3-1-2-4-16(15)13-20/h1-8,11-13H,9-10H2,(H,25,26). The first-order valence-corrected chi connectivity index (χ1v) is 8.83. The summed E-state index contributed by atoms with van der Waals surface area (Å²) >= 11 is 5.97. The van der Waals surface area contributed by atoms with Crippen LogP contribution in [0.5, 0.6) is 11.5 Å². The summed E-state index contributed by atoms with van der Waals surface area (Å²) in [6, 6.07) is 20.3. The molecule has 0 saturated heterocycles. The minimum absolute atomic E-state index is 0.240. The van der Waals surface area contributed by atoms with Crippen molar-refractivity contribution >= 4 is 34.4 Å². The summed E-state index contributed by atoms with van der Waals surface area (Å²) in [5, 5.41) is 20.6. The van der Waals surface area contributed by atoms with Gasteiger partial charge in [-0.1, -0.05) is 41.9 Å². The lowest BCUT2D eigenvalue weighted by Crippen LogP contribution is -2.09. The van der Waals surface area contributed by atoms with Crippen LogP contribution in [0.25, 0.3) is 16.8 Å². The molecular formula is C22H16ClNO4. The molecule has 6 heteroatoms. The second kappa shape index (κ2) is 8.94. The highest BCUT2D eigenvalue weighted by molar-refractivity contribution is 6.30. The first-order chi connectivity index (χ1) is 13.6. The van der Waals surface area contributed by atoms with E-state index >= 15 is 0 Å². The third-order valence-corrected chi connectivity index (χ3v) is 4.19. The molecule has 0 amide bonds. The van der Waals surface area contributed by atoms with Gasteiger partial charge in [-0.3, -0.25) is 0 Å². The number of benzene rings is 3. The van der Waals surface area contributed by atoms with E-state index in [1.165, 1.54) is 6.08 Å². The molecule has 0 atom stereocenters. The lowest BCUT2D eigenvalue weighted by molar-refractivity contribution is -0.132. The van der Waals surface area contributed by atoms with E-state index in [0.29, 0.717) is 22.9 Å². The number of carboxylic acid groups (broad SMARTS) is 1. The average Bonchev–Trinajstić information content (AvgIpc) is 2.70. The van der Waals surface area contributed by atoms with Crippen LogP contribution in [0.15, 0.2) is 66.2 Å². The molecular weight excluding hydrogens is 378 g/mol. The van der Waals surface area contributed by atoms with Crippen LogP contribution in [-0.4, -0.2) is 24.3 Å². The van der Waals surface area contributed by atoms with Crippen LogP contribution in [0.4, 0.5) is 0 Å². The molecule has 140 valence electrons. The van der Waals surface area contributed by atoms with E-state index in [0.717, 1.165) is 16.5 Å². The second-order valence-corrected chi connectivity index (χ2v) is 6.30. The van der Waals surface area contributed by atoms with Crippen molar-refractivity contribution in [3.8, 4) is 17.6 Å². The van der Waals surface area contributed by atoms with Crippen LogP contribution in [0, 0.1) is 11.3 Å². The highest BCUT2D eigenvalue weighted by Gasteiger charge is 2.10. The molecule has 0 fully saturated rings. The number of carbonyl (C=O) groups is 1. The van der Waals surface area contributed by atoms with Gasteiger partial charge in [0.25, 0.3) is 0 Å². The van der Waals surface area contributed by atoms with Crippen molar-refractivity contribution in [2.45, 2.75) is 0 Å². The Morgan fingerprint density at radius 2 is 1.79 bits per heavy atom. The van der Waals surface area contributed by atoms with Gasteiger partial charge in [0.15, 0.2) is 0 Å². The number of halogens is 1. The fraction of sp³-hybridized carbons (Fsp3) is 0.0909. The van der Waals surface area contributed by atoms with Crippen molar-refractivity contribution in [2.75, 3.05) is 13.2 Å². The van der Waals surface area contributed by atoms with Gasteiger partial charge in [0.2, 0.25) is 0 Å². The third-order valence-electron chi connectivity index (χ3n) is 3.95. The number of carboxylic acids is 1. The summed E-state index contributed by atoms with van der Waals surface area (Å²) in [7, 11) is 0. The Morgan fingerprint density at radius 3 is 2.54 bits per heavy atom. The van der Waals surface area contributed by atoms with Crippen molar-refractivity contribution in [3.05, 3.63) is 76.8 Å². The molecule has 0 spiro atoms. The van der Waals surface area contributed by atoms with Gasteiger partial charge in [-0.2, -0.15) is 5.26 Å². The highest BCUT2D eigenvalue weighted by atomic mass is 35.5. The van der Waals surface area contributed by atoms with Gasteiger partial charge >= 0.3 is 5.97 Å². The lowest BCUT2D eigenvalue weighted by Gasteiger charge is -2.11. The highest BCUT2D eigenvalue weighted by Crippen LogP contribution is 2.26. The Bertz CT molecular complexity index is 1090. The van der Waals surface area contributed by atoms with Crippen LogP contribution in [0.3, 0.4) is 0 Å². The minimum Gasteiger partial charge on any atom is -0.490 e. The SMILES string of the molecule is N#CC(=Cc1cc(Cl)ccc1OCCOc1ccc2ccccc2c1)C(=O)O. The molecule has 0 saturated carbocycles. The summed E-state index contributed by atoms with van der Waals surface area (Å²) < 4.78 is 11.4. The van der Waals surface area contributed by atoms with Crippen molar-refractivity contribution in [1.29, 1.82) is 5.26 Å². The predicted molar refractivity (Wildman–Crippen MR) is 108 cm³/mol. The maximum Gasteiger partial charge on any atom is 0.346 e. The molecule has 1 N–H and O–H groups in total. The molecule has 5 nitrogen and oxygen atoms in total. The van der Waals surface area contributed by atoms with E-state index < -0.39 is 11.5 Å². The van der Waals surface area contributed by atoms with E-state index in [1.807, 2.05) is 42.5 Å². The van der Waals surface area contributed by atoms with E-state index in [4.69, 9.17) is 31.4 Å². The van der Waals surface area contributed by atoms with E-state index in [-0.39, 0.29) is 6.61 Å². The summed E-state index contributed by atoms with van der Waals surface area (Å²) in [6.45, 7) is 0.540. The Hall–Kier alpha value is -3.49. The molecule has 3 rings (SSSR count). The monoisotopic (exact) mass is 393 g/mol. The predicted octanol–water partition coefficient (Wildman–Crippen LogP) is 4.94. The van der Waals surface area contributed by atoms with Crippen LogP contribution in [0.1, 0.15) is 5.56 Å². The number of ether oxygens (including phenoxy) is 2. The molecule has 0 radical (unpaired) electrons. The number of hydrogen-bond acceptors (Lipinski definition) is 4. The topological polar surface area (TPSA) is 79.5 Å². The van der Waals surface area contributed by atoms with Crippen LogP contribution < -0.4 is 9.47 Å². The van der Waals surface area contributed by atoms with Gasteiger partial charge < -0.3 is 14.6 Å². The fourth-order valence-corrected chi connectivity index (χ4v) is 2.81. The molecule has 0 aliphatic heterocycles. The zero-order valence-electron chi connectivity index (χ0n) is 14.8. The number of aliphatic carboxylic acids is 1. The summed E-state index contributed by atoms with van der Waals surface area (Å²) in [4.78, 5) is 11.1. The summed E-state index contributed by atoms with van der Waals surface area (Å²) in [6.07, 6.45) is 1.23. The zero-order chi connectivity index (χ0) is 19.9. The van der Waals surface area contributed by atoms with Crippen LogP contribution >= 0.6 is 11.6 Å². The number of fused-ring (bicyclic) bond motifs is 1. The number of nitriles is 1. The number of nitrogens with zero attached hydrogens (tertiary/aromatic N) is 1. The smallest absolute Gasteiger partial charge is 0.346 e. The van der Waals surface area contributed by atoms with Crippen molar-refractivity contribution in [3.63, 3.8) is 0 Å². The fourth-order valence-electron chi connectivity index (χ4n) is 2.63. The molecule has 3 aromatic rings. The van der Waals surface area contributed by atoms with Crippen molar-refractivity contribution < 1.29 is 19.4 Å². The molecule has 0 aliphatic carbocycles. The van der Waals surface area contributed by atoms with E-state index in [9.17, 15) is 4.79 Å². The Labute approximate surface area is 167 Å². The number of hydrogen-bond donors (Lipinski definition) is 1. The average molecular weight is 394 g/mol. The maximum absolute atomic E-state index is 11.1. The number of rotatable bonds is 7. The first kappa shape index (κ1) is 19.3. The van der Waals surface area contributed by atoms with Gasteiger partial charge in [0, 0.05) is 10.6 Å². The second-order valence-electron chi connectivity index (χ2n) is 5.86. The zero-order valence-corrected chi connectivity index (χ0v) is 15.5. The lowest BCUT2D eigenvalue weighted by atomic mass is 10.1. The van der Waals surface area contributed by atoms with Gasteiger partial charge in [-0.25, -0.2) is 4.79 Å². The molecule has 0 aromatic heterocycles. The Morgan fingerprint density at radius 1 is 1.04 bits per heavy atom. The largest absolute Gasteiger partial charge is 0.490 e.